The van der Waals surface area contributed by atoms with Crippen LogP contribution in [0.5, 0.6) is 0 Å². The maximum Gasteiger partial charge on any atom is 0.158 e. The molecule has 0 heterocycles. The molecule has 0 bridgehead atoms. The minimum absolute atomic E-state index is 0.287. The fourth-order valence-electron chi connectivity index (χ4n) is 2.35. The summed E-state index contributed by atoms with van der Waals surface area (Å²) in [7, 11) is 0. The third kappa shape index (κ3) is 4.49. The van der Waals surface area contributed by atoms with E-state index in [1.54, 1.807) is 0 Å². The van der Waals surface area contributed by atoms with Crippen molar-refractivity contribution in [1.29, 1.82) is 0 Å². The van der Waals surface area contributed by atoms with Gasteiger partial charge in [0.05, 0.1) is 0 Å². The van der Waals surface area contributed by atoms with Crippen molar-refractivity contribution in [3.63, 3.8) is 0 Å². The first kappa shape index (κ1) is 14.2. The number of hydrogen-bond donors (Lipinski definition) is 0. The van der Waals surface area contributed by atoms with Gasteiger partial charge in [-0.3, -0.25) is 4.79 Å². The number of carbonyl (C=O) groups excluding carboxylic acids is 1. The first-order chi connectivity index (χ1) is 7.95. The Bertz CT molecular complexity index is 315. The summed E-state index contributed by atoms with van der Waals surface area (Å²) in [5, 5.41) is 0. The number of allylic oxidation sites excluding steroid dienone is 4. The number of rotatable bonds is 4. The lowest BCUT2D eigenvalue weighted by Gasteiger charge is -2.31. The van der Waals surface area contributed by atoms with E-state index in [0.29, 0.717) is 11.7 Å². The predicted molar refractivity (Wildman–Crippen MR) is 73.9 cm³/mol. The van der Waals surface area contributed by atoms with Crippen molar-refractivity contribution in [2.45, 2.75) is 59.8 Å². The van der Waals surface area contributed by atoms with Gasteiger partial charge in [-0.05, 0) is 49.5 Å². The highest BCUT2D eigenvalue weighted by atomic mass is 16.1. The van der Waals surface area contributed by atoms with E-state index < -0.39 is 0 Å². The highest BCUT2D eigenvalue weighted by molar-refractivity contribution is 5.96. The lowest BCUT2D eigenvalue weighted by Crippen LogP contribution is -2.24. The molecular weight excluding hydrogens is 208 g/mol. The molecule has 17 heavy (non-hydrogen) atoms. The molecule has 0 aromatic rings. The van der Waals surface area contributed by atoms with Gasteiger partial charge in [-0.2, -0.15) is 0 Å². The zero-order valence-corrected chi connectivity index (χ0v) is 11.8. The second kappa shape index (κ2) is 6.18. The Labute approximate surface area is 106 Å². The van der Waals surface area contributed by atoms with Gasteiger partial charge in [0.1, 0.15) is 0 Å². The second-order valence-corrected chi connectivity index (χ2v) is 6.09. The molecule has 0 aromatic carbocycles. The van der Waals surface area contributed by atoms with Crippen LogP contribution in [0.2, 0.25) is 0 Å². The monoisotopic (exact) mass is 234 g/mol. The Morgan fingerprint density at radius 1 is 1.41 bits per heavy atom. The van der Waals surface area contributed by atoms with Gasteiger partial charge in [0.2, 0.25) is 0 Å². The van der Waals surface area contributed by atoms with Crippen LogP contribution in [-0.2, 0) is 4.79 Å². The van der Waals surface area contributed by atoms with Crippen molar-refractivity contribution < 1.29 is 4.79 Å². The average molecular weight is 234 g/mol. The molecule has 1 rings (SSSR count). The van der Waals surface area contributed by atoms with E-state index in [1.165, 1.54) is 0 Å². The zero-order valence-electron chi connectivity index (χ0n) is 11.8. The maximum atomic E-state index is 11.8. The van der Waals surface area contributed by atoms with E-state index in [-0.39, 0.29) is 5.41 Å². The molecule has 1 aliphatic rings. The topological polar surface area (TPSA) is 17.1 Å². The summed E-state index contributed by atoms with van der Waals surface area (Å²) >= 11 is 0. The summed E-state index contributed by atoms with van der Waals surface area (Å²) in [6.07, 6.45) is 11.4. The van der Waals surface area contributed by atoms with Gasteiger partial charge in [0, 0.05) is 6.42 Å². The lowest BCUT2D eigenvalue weighted by molar-refractivity contribution is -0.116. The molecule has 0 amide bonds. The van der Waals surface area contributed by atoms with E-state index in [4.69, 9.17) is 0 Å². The van der Waals surface area contributed by atoms with Crippen LogP contribution in [0.25, 0.3) is 0 Å². The van der Waals surface area contributed by atoms with E-state index in [1.807, 2.05) is 6.92 Å². The van der Waals surface area contributed by atoms with Crippen LogP contribution < -0.4 is 0 Å². The summed E-state index contributed by atoms with van der Waals surface area (Å²) in [5.41, 5.74) is 1.37. The largest absolute Gasteiger partial charge is 0.295 e. The molecular formula is C16H26O. The first-order valence-corrected chi connectivity index (χ1v) is 6.80. The van der Waals surface area contributed by atoms with E-state index >= 15 is 0 Å². The second-order valence-electron chi connectivity index (χ2n) is 6.09. The van der Waals surface area contributed by atoms with Crippen molar-refractivity contribution in [3.8, 4) is 0 Å². The number of unbranched alkanes of at least 4 members (excludes halogenated alkanes) is 1. The van der Waals surface area contributed by atoms with Crippen LogP contribution in [0.1, 0.15) is 59.8 Å². The summed E-state index contributed by atoms with van der Waals surface area (Å²) in [5.74, 6) is 0.947. The highest BCUT2D eigenvalue weighted by Gasteiger charge is 2.28. The van der Waals surface area contributed by atoms with Crippen LogP contribution in [0, 0.1) is 11.3 Å². The maximum absolute atomic E-state index is 11.8. The molecule has 1 heteroatoms. The minimum Gasteiger partial charge on any atom is -0.295 e. The molecule has 0 saturated carbocycles. The van der Waals surface area contributed by atoms with E-state index in [2.05, 4.69) is 39.0 Å². The molecule has 0 saturated heterocycles. The Hall–Kier alpha value is -0.850. The Morgan fingerprint density at radius 3 is 2.71 bits per heavy atom. The molecule has 0 aromatic heterocycles. The molecule has 0 aliphatic heterocycles. The number of hydrogen-bond acceptors (Lipinski definition) is 1. The molecule has 0 radical (unpaired) electrons. The Morgan fingerprint density at radius 2 is 2.12 bits per heavy atom. The molecule has 1 nitrogen and oxygen atoms in total. The van der Waals surface area contributed by atoms with Crippen molar-refractivity contribution in [2.75, 3.05) is 0 Å². The van der Waals surface area contributed by atoms with Gasteiger partial charge in [-0.25, -0.2) is 0 Å². The van der Waals surface area contributed by atoms with Gasteiger partial charge in [0.15, 0.2) is 5.78 Å². The highest BCUT2D eigenvalue weighted by Crippen LogP contribution is 2.36. The smallest absolute Gasteiger partial charge is 0.158 e. The normalized spacial score (nSPS) is 22.0. The number of ketones is 1. The molecule has 0 spiro atoms. The molecule has 96 valence electrons. The first-order valence-electron chi connectivity index (χ1n) is 6.80. The fourth-order valence-corrected chi connectivity index (χ4v) is 2.35. The van der Waals surface area contributed by atoms with Crippen molar-refractivity contribution >= 4 is 5.78 Å². The number of carbonyl (C=O) groups is 1. The van der Waals surface area contributed by atoms with Gasteiger partial charge in [-0.1, -0.05) is 39.0 Å². The lowest BCUT2D eigenvalue weighted by atomic mass is 9.73. The van der Waals surface area contributed by atoms with Crippen LogP contribution in [0.4, 0.5) is 0 Å². The molecule has 1 atom stereocenters. The third-order valence-electron chi connectivity index (χ3n) is 3.61. The van der Waals surface area contributed by atoms with Crippen molar-refractivity contribution in [1.82, 2.24) is 0 Å². The third-order valence-corrected chi connectivity index (χ3v) is 3.61. The Balaban J connectivity index is 2.60. The molecule has 0 N–H and O–H groups in total. The van der Waals surface area contributed by atoms with E-state index in [9.17, 15) is 4.79 Å². The standard InChI is InChI=1S/C16H26O/c1-5-6-7-8-9-13-12-14(16(2,3)4)10-11-15(13)17/h5-6,12,14H,7-11H2,1-4H3/b6-5+. The number of Topliss-reactive ketones (excluding diaryl/α,β-unsaturated/α-hetero) is 1. The van der Waals surface area contributed by atoms with Crippen molar-refractivity contribution in [3.05, 3.63) is 23.8 Å². The van der Waals surface area contributed by atoms with Crippen LogP contribution in [0.3, 0.4) is 0 Å². The van der Waals surface area contributed by atoms with Crippen LogP contribution >= 0.6 is 0 Å². The van der Waals surface area contributed by atoms with Crippen molar-refractivity contribution in [2.24, 2.45) is 11.3 Å². The molecule has 1 unspecified atom stereocenters. The van der Waals surface area contributed by atoms with E-state index in [0.717, 1.165) is 37.7 Å². The SMILES string of the molecule is C/C=C/CCCC1=CC(C(C)(C)C)CCC1=O. The summed E-state index contributed by atoms with van der Waals surface area (Å²) < 4.78 is 0. The van der Waals surface area contributed by atoms with Crippen LogP contribution in [-0.4, -0.2) is 5.78 Å². The van der Waals surface area contributed by atoms with Crippen LogP contribution in [0.15, 0.2) is 23.8 Å². The van der Waals surface area contributed by atoms with Gasteiger partial charge in [-0.15, -0.1) is 0 Å². The van der Waals surface area contributed by atoms with Gasteiger partial charge < -0.3 is 0 Å². The average Bonchev–Trinajstić information content (AvgIpc) is 2.25. The predicted octanol–water partition coefficient (Wildman–Crippen LogP) is 4.68. The molecule has 1 aliphatic carbocycles. The summed E-state index contributed by atoms with van der Waals surface area (Å²) in [6.45, 7) is 8.84. The summed E-state index contributed by atoms with van der Waals surface area (Å²) in [6, 6.07) is 0. The zero-order chi connectivity index (χ0) is 12.9. The molecule has 0 fully saturated rings. The van der Waals surface area contributed by atoms with Gasteiger partial charge in [0.25, 0.3) is 0 Å². The summed E-state index contributed by atoms with van der Waals surface area (Å²) in [4.78, 5) is 11.8. The quantitative estimate of drug-likeness (QED) is 0.509. The minimum atomic E-state index is 0.287. The Kier molecular flexibility index (Phi) is 5.17. The fraction of sp³-hybridized carbons (Fsp3) is 0.688. The van der Waals surface area contributed by atoms with Gasteiger partial charge >= 0.3 is 0 Å².